The zero-order valence-corrected chi connectivity index (χ0v) is 15.8. The first kappa shape index (κ1) is 16.6. The lowest BCUT2D eigenvalue weighted by molar-refractivity contribution is -0.119. The Morgan fingerprint density at radius 3 is 2.38 bits per heavy atom. The van der Waals surface area contributed by atoms with Crippen LogP contribution in [-0.4, -0.2) is 22.2 Å². The monoisotopic (exact) mass is 363 g/mol. The minimum absolute atomic E-state index is 0.0337. The number of carbonyl (C=O) groups is 2. The Bertz CT molecular complexity index is 616. The van der Waals surface area contributed by atoms with Gasteiger partial charge in [0.2, 0.25) is 5.91 Å². The largest absolute Gasteiger partial charge is 0.351 e. The Morgan fingerprint density at radius 2 is 1.79 bits per heavy atom. The number of hydrogen-bond donors (Lipinski definition) is 1. The van der Waals surface area contributed by atoms with Gasteiger partial charge in [-0.3, -0.25) is 9.59 Å². The molecule has 0 aromatic carbocycles. The van der Waals surface area contributed by atoms with Gasteiger partial charge in [0.15, 0.2) is 5.78 Å². The van der Waals surface area contributed by atoms with Gasteiger partial charge < -0.3 is 5.32 Å². The molecule has 24 heavy (non-hydrogen) atoms. The SMILES string of the molecule is CC(=O)NCc1ccc(C(=O)CSC23CC4CC(CC(C4)C2)C3)s1. The van der Waals surface area contributed by atoms with Gasteiger partial charge in [-0.25, -0.2) is 0 Å². The molecule has 1 aromatic rings. The summed E-state index contributed by atoms with van der Waals surface area (Å²) in [6, 6.07) is 3.88. The van der Waals surface area contributed by atoms with Crippen LogP contribution in [-0.2, 0) is 11.3 Å². The van der Waals surface area contributed by atoms with E-state index in [4.69, 9.17) is 0 Å². The van der Waals surface area contributed by atoms with Gasteiger partial charge in [-0.15, -0.1) is 23.1 Å². The van der Waals surface area contributed by atoms with Gasteiger partial charge in [-0.05, 0) is 68.4 Å². The summed E-state index contributed by atoms with van der Waals surface area (Å²) in [5, 5.41) is 2.79. The van der Waals surface area contributed by atoms with Gasteiger partial charge >= 0.3 is 0 Å². The number of nitrogens with one attached hydrogen (secondary N) is 1. The Labute approximate surface area is 152 Å². The van der Waals surface area contributed by atoms with Crippen molar-refractivity contribution in [3.05, 3.63) is 21.9 Å². The molecule has 4 saturated carbocycles. The van der Waals surface area contributed by atoms with Gasteiger partial charge in [0.25, 0.3) is 0 Å². The summed E-state index contributed by atoms with van der Waals surface area (Å²) in [5.74, 6) is 3.65. The maximum Gasteiger partial charge on any atom is 0.217 e. The number of ketones is 1. The molecule has 0 unspecified atom stereocenters. The molecule has 1 aromatic heterocycles. The molecule has 1 heterocycles. The number of carbonyl (C=O) groups excluding carboxylic acids is 2. The van der Waals surface area contributed by atoms with E-state index in [9.17, 15) is 9.59 Å². The molecule has 1 amide bonds. The lowest BCUT2D eigenvalue weighted by atomic mass is 9.56. The van der Waals surface area contributed by atoms with E-state index < -0.39 is 0 Å². The zero-order valence-electron chi connectivity index (χ0n) is 14.2. The van der Waals surface area contributed by atoms with Crippen LogP contribution in [0.3, 0.4) is 0 Å². The highest BCUT2D eigenvalue weighted by Crippen LogP contribution is 2.60. The predicted octanol–water partition coefficient (Wildman–Crippen LogP) is 4.27. The van der Waals surface area contributed by atoms with Crippen LogP contribution in [0, 0.1) is 17.8 Å². The number of Topliss-reactive ketones (excluding diaryl/α,β-unsaturated/α-hetero) is 1. The molecule has 0 spiro atoms. The average Bonchev–Trinajstić information content (AvgIpc) is 2.98. The summed E-state index contributed by atoms with van der Waals surface area (Å²) in [6.07, 6.45) is 8.38. The highest BCUT2D eigenvalue weighted by molar-refractivity contribution is 8.01. The molecule has 4 bridgehead atoms. The second kappa shape index (κ2) is 6.49. The highest BCUT2D eigenvalue weighted by Gasteiger charge is 2.51. The summed E-state index contributed by atoms with van der Waals surface area (Å²) in [5.41, 5.74) is 0. The topological polar surface area (TPSA) is 46.2 Å². The number of thiophene rings is 1. The zero-order chi connectivity index (χ0) is 16.7. The van der Waals surface area contributed by atoms with Crippen molar-refractivity contribution in [2.45, 2.75) is 56.7 Å². The molecule has 4 aliphatic carbocycles. The lowest BCUT2D eigenvalue weighted by Gasteiger charge is -2.56. The fourth-order valence-corrected chi connectivity index (χ4v) is 7.96. The van der Waals surface area contributed by atoms with Crippen molar-refractivity contribution >= 4 is 34.8 Å². The summed E-state index contributed by atoms with van der Waals surface area (Å²) in [6.45, 7) is 2.04. The van der Waals surface area contributed by atoms with Crippen LogP contribution in [0.5, 0.6) is 0 Å². The third kappa shape index (κ3) is 3.43. The van der Waals surface area contributed by atoms with Crippen LogP contribution in [0.25, 0.3) is 0 Å². The van der Waals surface area contributed by atoms with Crippen LogP contribution in [0.2, 0.25) is 0 Å². The van der Waals surface area contributed by atoms with Gasteiger partial charge in [-0.1, -0.05) is 0 Å². The molecule has 130 valence electrons. The molecule has 4 aliphatic rings. The summed E-state index contributed by atoms with van der Waals surface area (Å²) >= 11 is 3.47. The van der Waals surface area contributed by atoms with Crippen LogP contribution in [0.1, 0.15) is 60.0 Å². The maximum absolute atomic E-state index is 12.6. The Hall–Kier alpha value is -0.810. The Kier molecular flexibility index (Phi) is 4.50. The molecule has 5 heteroatoms. The number of hydrogen-bond acceptors (Lipinski definition) is 4. The molecule has 0 radical (unpaired) electrons. The van der Waals surface area contributed by atoms with Gasteiger partial charge in [0.1, 0.15) is 0 Å². The molecule has 0 saturated heterocycles. The third-order valence-corrected chi connectivity index (χ3v) is 8.58. The smallest absolute Gasteiger partial charge is 0.217 e. The van der Waals surface area contributed by atoms with Crippen LogP contribution < -0.4 is 5.32 Å². The average molecular weight is 364 g/mol. The predicted molar refractivity (Wildman–Crippen MR) is 99.5 cm³/mol. The molecule has 0 aliphatic heterocycles. The first-order chi connectivity index (χ1) is 11.5. The van der Waals surface area contributed by atoms with E-state index in [0.29, 0.717) is 17.0 Å². The van der Waals surface area contributed by atoms with Gasteiger partial charge in [-0.2, -0.15) is 0 Å². The molecule has 3 nitrogen and oxygen atoms in total. The fraction of sp³-hybridized carbons (Fsp3) is 0.684. The summed E-state index contributed by atoms with van der Waals surface area (Å²) < 4.78 is 0.403. The number of thioether (sulfide) groups is 1. The van der Waals surface area contributed by atoms with Crippen LogP contribution in [0.15, 0.2) is 12.1 Å². The van der Waals surface area contributed by atoms with E-state index in [1.54, 1.807) is 0 Å². The second-order valence-electron chi connectivity index (χ2n) is 7.99. The third-order valence-electron chi connectivity index (χ3n) is 5.94. The highest BCUT2D eigenvalue weighted by atomic mass is 32.2. The molecule has 0 atom stereocenters. The van der Waals surface area contributed by atoms with Crippen molar-refractivity contribution < 1.29 is 9.59 Å². The lowest BCUT2D eigenvalue weighted by Crippen LogP contribution is -2.48. The molecule has 1 N–H and O–H groups in total. The van der Waals surface area contributed by atoms with E-state index in [0.717, 1.165) is 27.5 Å². The molecular weight excluding hydrogens is 338 g/mol. The van der Waals surface area contributed by atoms with E-state index in [-0.39, 0.29) is 11.7 Å². The maximum atomic E-state index is 12.6. The Morgan fingerprint density at radius 1 is 1.17 bits per heavy atom. The van der Waals surface area contributed by atoms with Crippen molar-refractivity contribution in [2.24, 2.45) is 17.8 Å². The quantitative estimate of drug-likeness (QED) is 0.768. The van der Waals surface area contributed by atoms with Crippen LogP contribution >= 0.6 is 23.1 Å². The van der Waals surface area contributed by atoms with E-state index >= 15 is 0 Å². The number of amides is 1. The molecule has 4 fully saturated rings. The van der Waals surface area contributed by atoms with Crippen molar-refractivity contribution in [3.8, 4) is 0 Å². The standard InChI is InChI=1S/C19H25NO2S2/c1-12(21)20-10-16-2-3-18(24-16)17(22)11-23-19-7-13-4-14(8-19)6-15(5-13)9-19/h2-3,13-15H,4-11H2,1H3,(H,20,21). The fourth-order valence-electron chi connectivity index (χ4n) is 5.33. The minimum atomic E-state index is -0.0337. The normalized spacial score (nSPS) is 33.6. The van der Waals surface area contributed by atoms with Crippen molar-refractivity contribution in [3.63, 3.8) is 0 Å². The summed E-state index contributed by atoms with van der Waals surface area (Å²) in [4.78, 5) is 25.5. The minimum Gasteiger partial charge on any atom is -0.351 e. The van der Waals surface area contributed by atoms with E-state index in [1.807, 2.05) is 23.9 Å². The van der Waals surface area contributed by atoms with Gasteiger partial charge in [0.05, 0.1) is 17.2 Å². The summed E-state index contributed by atoms with van der Waals surface area (Å²) in [7, 11) is 0. The van der Waals surface area contributed by atoms with E-state index in [2.05, 4.69) is 5.32 Å². The van der Waals surface area contributed by atoms with Crippen molar-refractivity contribution in [1.82, 2.24) is 5.32 Å². The first-order valence-electron chi connectivity index (χ1n) is 9.02. The first-order valence-corrected chi connectivity index (χ1v) is 10.8. The van der Waals surface area contributed by atoms with Crippen LogP contribution in [0.4, 0.5) is 0 Å². The van der Waals surface area contributed by atoms with Crippen molar-refractivity contribution in [1.29, 1.82) is 0 Å². The molecule has 5 rings (SSSR count). The van der Waals surface area contributed by atoms with Crippen molar-refractivity contribution in [2.75, 3.05) is 5.75 Å². The Balaban J connectivity index is 1.34. The van der Waals surface area contributed by atoms with Gasteiger partial charge in [0, 0.05) is 16.5 Å². The number of rotatable bonds is 6. The van der Waals surface area contributed by atoms with E-state index in [1.165, 1.54) is 56.8 Å². The second-order valence-corrected chi connectivity index (χ2v) is 10.6. The molecular formula is C19H25NO2S2.